The summed E-state index contributed by atoms with van der Waals surface area (Å²) in [6, 6.07) is 0. The summed E-state index contributed by atoms with van der Waals surface area (Å²) < 4.78 is 0. The van der Waals surface area contributed by atoms with Crippen molar-refractivity contribution < 1.29 is 0 Å². The molecule has 0 nitrogen and oxygen atoms in total. The second kappa shape index (κ2) is 1.66. The van der Waals surface area contributed by atoms with Crippen LogP contribution in [-0.4, -0.2) is 26.3 Å². The molecule has 0 amide bonds. The van der Waals surface area contributed by atoms with Crippen LogP contribution in [0.1, 0.15) is 6.92 Å². The quantitative estimate of drug-likeness (QED) is 0.501. The Hall–Kier alpha value is 1.04. The van der Waals surface area contributed by atoms with Crippen LogP contribution in [0.25, 0.3) is 0 Å². The Morgan fingerprint density at radius 3 is 2.20 bits per heavy atom. The van der Waals surface area contributed by atoms with E-state index in [0.29, 0.717) is 0 Å². The second-order valence-corrected chi connectivity index (χ2v) is 9.15. The molecule has 1 heterocycles. The summed E-state index contributed by atoms with van der Waals surface area (Å²) in [5, 5.41) is 1.58. The van der Waals surface area contributed by atoms with E-state index in [9.17, 15) is 0 Å². The second-order valence-electron chi connectivity index (χ2n) is 1.19. The van der Waals surface area contributed by atoms with Gasteiger partial charge in [-0.2, -0.15) is 0 Å². The van der Waals surface area contributed by atoms with Gasteiger partial charge in [0.05, 0.1) is 0 Å². The van der Waals surface area contributed by atoms with Crippen LogP contribution in [0.5, 0.6) is 0 Å². The molecule has 0 aromatic carbocycles. The molecule has 2 heteroatoms. The first-order chi connectivity index (χ1) is 2.39. The Kier molecular flexibility index (Phi) is 1.40. The predicted molar refractivity (Wildman–Crippen MR) is 25.7 cm³/mol. The molecule has 1 atom stereocenters. The van der Waals surface area contributed by atoms with Gasteiger partial charge in [0.25, 0.3) is 0 Å². The van der Waals surface area contributed by atoms with E-state index in [1.807, 2.05) is 0 Å². The fourth-order valence-electron chi connectivity index (χ4n) is 0.204. The fourth-order valence-corrected chi connectivity index (χ4v) is 5.51. The Labute approximate surface area is 43.6 Å². The van der Waals surface area contributed by atoms with Crippen molar-refractivity contribution in [3.8, 4) is 0 Å². The van der Waals surface area contributed by atoms with Crippen LogP contribution in [0.4, 0.5) is 0 Å². The van der Waals surface area contributed by atoms with Gasteiger partial charge in [0, 0.05) is 0 Å². The van der Waals surface area contributed by atoms with Crippen LogP contribution in [0.3, 0.4) is 0 Å². The SMILES string of the molecule is CC1C[Se][Se]1. The maximum absolute atomic E-state index is 2.35. The summed E-state index contributed by atoms with van der Waals surface area (Å²) in [5.74, 6) is 0. The van der Waals surface area contributed by atoms with Crippen LogP contribution in [0.15, 0.2) is 0 Å². The molecular weight excluding hydrogens is 194 g/mol. The average molecular weight is 200 g/mol. The molecule has 0 saturated carbocycles. The van der Waals surface area contributed by atoms with Gasteiger partial charge in [-0.15, -0.1) is 0 Å². The number of rotatable bonds is 0. The first kappa shape index (κ1) is 4.20. The number of hydrogen-bond donors (Lipinski definition) is 0. The standard InChI is InChI=1S/C3H6Se2/c1-3-2-4-5-3/h3H,2H2,1H3. The van der Waals surface area contributed by atoms with Gasteiger partial charge in [0.2, 0.25) is 0 Å². The summed E-state index contributed by atoms with van der Waals surface area (Å²) in [7, 11) is 0. The molecule has 1 saturated heterocycles. The summed E-state index contributed by atoms with van der Waals surface area (Å²) >= 11 is 2.25. The van der Waals surface area contributed by atoms with Crippen molar-refractivity contribution in [3.05, 3.63) is 0 Å². The Morgan fingerprint density at radius 2 is 2.20 bits per heavy atom. The van der Waals surface area contributed by atoms with Crippen molar-refractivity contribution in [2.24, 2.45) is 0 Å². The topological polar surface area (TPSA) is 0 Å². The summed E-state index contributed by atoms with van der Waals surface area (Å²) in [5.41, 5.74) is 0. The van der Waals surface area contributed by atoms with Gasteiger partial charge in [0.1, 0.15) is 0 Å². The zero-order valence-corrected chi connectivity index (χ0v) is 6.53. The van der Waals surface area contributed by atoms with Crippen LogP contribution >= 0.6 is 0 Å². The van der Waals surface area contributed by atoms with Crippen molar-refractivity contribution >= 4 is 26.3 Å². The molecule has 1 aliphatic heterocycles. The van der Waals surface area contributed by atoms with Gasteiger partial charge in [-0.25, -0.2) is 0 Å². The maximum atomic E-state index is 2.35. The minimum atomic E-state index is 1.12. The molecule has 0 aliphatic carbocycles. The molecule has 0 bridgehead atoms. The van der Waals surface area contributed by atoms with E-state index in [2.05, 4.69) is 6.92 Å². The molecule has 0 N–H and O–H groups in total. The van der Waals surface area contributed by atoms with E-state index in [1.165, 1.54) is 0 Å². The summed E-state index contributed by atoms with van der Waals surface area (Å²) in [6.07, 6.45) is 0. The monoisotopic (exact) mass is 202 g/mol. The Morgan fingerprint density at radius 1 is 1.80 bits per heavy atom. The first-order valence-corrected chi connectivity index (χ1v) is 8.21. The predicted octanol–water partition coefficient (Wildman–Crippen LogP) is 0.550. The average Bonchev–Trinajstić information content (AvgIpc) is 1.30. The zero-order chi connectivity index (χ0) is 3.70. The van der Waals surface area contributed by atoms with E-state index in [-0.39, 0.29) is 0 Å². The van der Waals surface area contributed by atoms with Crippen molar-refractivity contribution in [1.29, 1.82) is 0 Å². The zero-order valence-electron chi connectivity index (χ0n) is 3.10. The van der Waals surface area contributed by atoms with Crippen molar-refractivity contribution in [3.63, 3.8) is 0 Å². The van der Waals surface area contributed by atoms with Gasteiger partial charge < -0.3 is 0 Å². The van der Waals surface area contributed by atoms with Crippen LogP contribution in [0, 0.1) is 0 Å². The minimum absolute atomic E-state index is 1.12. The number of hydrogen-bond acceptors (Lipinski definition) is 0. The van der Waals surface area contributed by atoms with Gasteiger partial charge in [0.15, 0.2) is 0 Å². The Bertz CT molecular complexity index is 31.9. The van der Waals surface area contributed by atoms with Crippen molar-refractivity contribution in [2.45, 2.75) is 17.1 Å². The van der Waals surface area contributed by atoms with Crippen molar-refractivity contribution in [2.75, 3.05) is 0 Å². The first-order valence-electron chi connectivity index (χ1n) is 1.68. The third-order valence-corrected chi connectivity index (χ3v) is 10.8. The molecule has 0 radical (unpaired) electrons. The van der Waals surface area contributed by atoms with Crippen LogP contribution in [-0.2, 0) is 0 Å². The molecule has 5 heavy (non-hydrogen) atoms. The third kappa shape index (κ3) is 0.939. The van der Waals surface area contributed by atoms with E-state index < -0.39 is 0 Å². The van der Waals surface area contributed by atoms with Gasteiger partial charge in [-0.05, 0) is 0 Å². The Balaban J connectivity index is 2.08. The third-order valence-electron chi connectivity index (χ3n) is 0.535. The molecule has 1 unspecified atom stereocenters. The van der Waals surface area contributed by atoms with Crippen LogP contribution < -0.4 is 0 Å². The van der Waals surface area contributed by atoms with Crippen molar-refractivity contribution in [1.82, 2.24) is 0 Å². The van der Waals surface area contributed by atoms with E-state index >= 15 is 0 Å². The molecule has 1 rings (SSSR count). The van der Waals surface area contributed by atoms with E-state index in [0.717, 1.165) is 31.1 Å². The van der Waals surface area contributed by atoms with E-state index in [4.69, 9.17) is 0 Å². The van der Waals surface area contributed by atoms with Gasteiger partial charge in [-0.1, -0.05) is 0 Å². The molecule has 30 valence electrons. The molecule has 0 aromatic rings. The molecule has 1 aliphatic rings. The normalized spacial score (nSPS) is 36.6. The fraction of sp³-hybridized carbons (Fsp3) is 1.00. The van der Waals surface area contributed by atoms with Gasteiger partial charge in [-0.3, -0.25) is 0 Å². The van der Waals surface area contributed by atoms with Crippen LogP contribution in [0.2, 0.25) is 10.1 Å². The van der Waals surface area contributed by atoms with E-state index in [1.54, 1.807) is 5.32 Å². The molecule has 1 fully saturated rings. The summed E-state index contributed by atoms with van der Waals surface area (Å²) in [6.45, 7) is 2.35. The molecular formula is C3H6Se2. The molecule has 0 aromatic heterocycles. The molecule has 0 spiro atoms. The van der Waals surface area contributed by atoms with Gasteiger partial charge >= 0.3 is 43.3 Å². The summed E-state index contributed by atoms with van der Waals surface area (Å²) in [4.78, 5) is 1.16.